The van der Waals surface area contributed by atoms with E-state index in [1.165, 1.54) is 19.2 Å². The molecule has 1 aliphatic heterocycles. The van der Waals surface area contributed by atoms with Gasteiger partial charge in [-0.3, -0.25) is 0 Å². The lowest BCUT2D eigenvalue weighted by Crippen LogP contribution is -2.12. The zero-order valence-corrected chi connectivity index (χ0v) is 15.9. The van der Waals surface area contributed by atoms with Crippen LogP contribution in [0.25, 0.3) is 16.9 Å². The van der Waals surface area contributed by atoms with Crippen molar-refractivity contribution in [1.82, 2.24) is 9.78 Å². The van der Waals surface area contributed by atoms with Crippen LogP contribution >= 0.6 is 11.8 Å². The van der Waals surface area contributed by atoms with Gasteiger partial charge in [0.2, 0.25) is 10.0 Å². The fourth-order valence-corrected chi connectivity index (χ4v) is 4.61. The van der Waals surface area contributed by atoms with Gasteiger partial charge < -0.3 is 4.74 Å². The maximum Gasteiger partial charge on any atom is 0.358 e. The van der Waals surface area contributed by atoms with Gasteiger partial charge in [-0.15, -0.1) is 11.8 Å². The van der Waals surface area contributed by atoms with Gasteiger partial charge in [0.15, 0.2) is 5.69 Å². The van der Waals surface area contributed by atoms with Gasteiger partial charge in [0, 0.05) is 21.8 Å². The number of methoxy groups -OCH3 is 1. The molecule has 7 nitrogen and oxygen atoms in total. The number of thioether (sulfide) groups is 1. The number of ether oxygens (including phenoxy) is 1. The number of rotatable bonds is 3. The molecule has 4 rings (SSSR count). The Bertz CT molecular complexity index is 1150. The number of nitrogens with zero attached hydrogens (tertiary/aromatic N) is 2. The van der Waals surface area contributed by atoms with Gasteiger partial charge in [-0.1, -0.05) is 18.2 Å². The second kappa shape index (κ2) is 6.52. The molecule has 1 aliphatic rings. The van der Waals surface area contributed by atoms with E-state index in [9.17, 15) is 13.2 Å². The van der Waals surface area contributed by atoms with E-state index in [0.717, 1.165) is 21.7 Å². The van der Waals surface area contributed by atoms with Crippen molar-refractivity contribution in [2.45, 2.75) is 15.5 Å². The molecule has 2 N–H and O–H groups in total. The Labute approximate surface area is 160 Å². The molecule has 0 spiro atoms. The van der Waals surface area contributed by atoms with Gasteiger partial charge >= 0.3 is 5.97 Å². The third-order valence-electron chi connectivity index (χ3n) is 4.29. The summed E-state index contributed by atoms with van der Waals surface area (Å²) in [5.74, 6) is 0.0811. The highest BCUT2D eigenvalue weighted by molar-refractivity contribution is 7.98. The highest BCUT2D eigenvalue weighted by atomic mass is 32.2. The monoisotopic (exact) mass is 401 g/mol. The highest BCUT2D eigenvalue weighted by Gasteiger charge is 2.29. The van der Waals surface area contributed by atoms with E-state index in [-0.39, 0.29) is 10.6 Å². The molecule has 1 aromatic heterocycles. The van der Waals surface area contributed by atoms with Crippen LogP contribution in [0.3, 0.4) is 0 Å². The molecule has 0 radical (unpaired) electrons. The van der Waals surface area contributed by atoms with Crippen LogP contribution in [0, 0.1) is 0 Å². The third-order valence-corrected chi connectivity index (χ3v) is 6.32. The van der Waals surface area contributed by atoms with Crippen LogP contribution < -0.4 is 5.14 Å². The Balaban J connectivity index is 1.94. The first-order valence-electron chi connectivity index (χ1n) is 7.96. The molecule has 0 atom stereocenters. The van der Waals surface area contributed by atoms with Crippen molar-refractivity contribution in [1.29, 1.82) is 0 Å². The van der Waals surface area contributed by atoms with Crippen molar-refractivity contribution in [3.63, 3.8) is 0 Å². The minimum Gasteiger partial charge on any atom is -0.464 e. The van der Waals surface area contributed by atoms with Crippen molar-refractivity contribution in [2.24, 2.45) is 5.14 Å². The summed E-state index contributed by atoms with van der Waals surface area (Å²) in [6.45, 7) is 0. The molecule has 0 bridgehead atoms. The average molecular weight is 401 g/mol. The van der Waals surface area contributed by atoms with Crippen LogP contribution in [0.1, 0.15) is 16.1 Å². The second-order valence-electron chi connectivity index (χ2n) is 5.90. The van der Waals surface area contributed by atoms with Gasteiger partial charge in [0.25, 0.3) is 0 Å². The zero-order chi connectivity index (χ0) is 19.2. The van der Waals surface area contributed by atoms with Crippen LogP contribution in [0.15, 0.2) is 58.3 Å². The molecule has 138 valence electrons. The minimum atomic E-state index is -3.79. The van der Waals surface area contributed by atoms with Gasteiger partial charge in [0.05, 0.1) is 23.4 Å². The van der Waals surface area contributed by atoms with Crippen molar-refractivity contribution in [3.05, 3.63) is 59.8 Å². The van der Waals surface area contributed by atoms with Crippen molar-refractivity contribution in [3.8, 4) is 16.9 Å². The number of nitrogens with two attached hydrogens (primary N) is 1. The zero-order valence-electron chi connectivity index (χ0n) is 14.2. The summed E-state index contributed by atoms with van der Waals surface area (Å²) in [6.07, 6.45) is 0. The molecule has 9 heteroatoms. The van der Waals surface area contributed by atoms with Crippen LogP contribution in [0.5, 0.6) is 0 Å². The van der Waals surface area contributed by atoms with Crippen LogP contribution in [0.2, 0.25) is 0 Å². The lowest BCUT2D eigenvalue weighted by molar-refractivity contribution is 0.0592. The Kier molecular flexibility index (Phi) is 4.29. The molecule has 2 heterocycles. The molecular formula is C18H15N3O4S2. The number of benzene rings is 2. The fraction of sp³-hybridized carbons (Fsp3) is 0.111. The summed E-state index contributed by atoms with van der Waals surface area (Å²) >= 11 is 1.63. The molecule has 0 amide bonds. The topological polar surface area (TPSA) is 104 Å². The van der Waals surface area contributed by atoms with Crippen molar-refractivity contribution >= 4 is 27.8 Å². The summed E-state index contributed by atoms with van der Waals surface area (Å²) in [5.41, 5.74) is 3.43. The molecule has 3 aromatic rings. The van der Waals surface area contributed by atoms with E-state index >= 15 is 0 Å². The number of carbonyl (C=O) groups is 1. The predicted molar refractivity (Wildman–Crippen MR) is 101 cm³/mol. The SMILES string of the molecule is COC(=O)c1nn(-c2ccc(S(N)(=O)=O)cc2)c2c1CSc1ccccc1-2. The number of carbonyl (C=O) groups excluding carboxylic acids is 1. The predicted octanol–water partition coefficient (Wildman–Crippen LogP) is 2.58. The van der Waals surface area contributed by atoms with Gasteiger partial charge in [-0.2, -0.15) is 5.10 Å². The summed E-state index contributed by atoms with van der Waals surface area (Å²) < 4.78 is 29.5. The number of hydrogen-bond acceptors (Lipinski definition) is 6. The lowest BCUT2D eigenvalue weighted by Gasteiger charge is -2.18. The summed E-state index contributed by atoms with van der Waals surface area (Å²) in [6, 6.07) is 13.9. The highest BCUT2D eigenvalue weighted by Crippen LogP contribution is 2.43. The normalized spacial score (nSPS) is 13.0. The molecule has 2 aromatic carbocycles. The van der Waals surface area contributed by atoms with Crippen LogP contribution in [-0.2, 0) is 20.5 Å². The largest absolute Gasteiger partial charge is 0.464 e. The second-order valence-corrected chi connectivity index (χ2v) is 8.48. The number of hydrogen-bond donors (Lipinski definition) is 1. The molecule has 0 saturated heterocycles. The van der Waals surface area contributed by atoms with Gasteiger partial charge in [-0.25, -0.2) is 23.0 Å². The molecule has 0 fully saturated rings. The maximum absolute atomic E-state index is 12.2. The number of sulfonamides is 1. The van der Waals surface area contributed by atoms with Crippen LogP contribution in [0.4, 0.5) is 0 Å². The fourth-order valence-electron chi connectivity index (χ4n) is 3.03. The number of primary sulfonamides is 1. The number of fused-ring (bicyclic) bond motifs is 3. The summed E-state index contributed by atoms with van der Waals surface area (Å²) in [5, 5.41) is 9.64. The molecular weight excluding hydrogens is 386 g/mol. The van der Waals surface area contributed by atoms with E-state index in [0.29, 0.717) is 11.4 Å². The molecule has 0 unspecified atom stereocenters. The molecule has 0 saturated carbocycles. The molecule has 0 aliphatic carbocycles. The first kappa shape index (κ1) is 17.8. The average Bonchev–Trinajstić information content (AvgIpc) is 3.07. The minimum absolute atomic E-state index is 0.0106. The first-order valence-corrected chi connectivity index (χ1v) is 10.5. The lowest BCUT2D eigenvalue weighted by atomic mass is 10.1. The quantitative estimate of drug-likeness (QED) is 0.677. The van der Waals surface area contributed by atoms with E-state index in [1.807, 2.05) is 24.3 Å². The van der Waals surface area contributed by atoms with E-state index in [1.54, 1.807) is 28.6 Å². The Morgan fingerprint density at radius 1 is 1.19 bits per heavy atom. The third kappa shape index (κ3) is 3.03. The number of esters is 1. The van der Waals surface area contributed by atoms with E-state index in [4.69, 9.17) is 9.88 Å². The van der Waals surface area contributed by atoms with E-state index < -0.39 is 16.0 Å². The summed E-state index contributed by atoms with van der Waals surface area (Å²) in [7, 11) is -2.47. The standard InChI is InChI=1S/C18H15N3O4S2/c1-25-18(22)16-14-10-26-15-5-3-2-4-13(15)17(14)21(20-16)11-6-8-12(9-7-11)27(19,23)24/h2-9H,10H2,1H3,(H2,19,23,24). The first-order chi connectivity index (χ1) is 12.9. The Hall–Kier alpha value is -2.62. The Morgan fingerprint density at radius 2 is 1.89 bits per heavy atom. The van der Waals surface area contributed by atoms with E-state index in [2.05, 4.69) is 5.10 Å². The van der Waals surface area contributed by atoms with Crippen molar-refractivity contribution < 1.29 is 17.9 Å². The number of aromatic nitrogens is 2. The van der Waals surface area contributed by atoms with Crippen molar-refractivity contribution in [2.75, 3.05) is 7.11 Å². The summed E-state index contributed by atoms with van der Waals surface area (Å²) in [4.78, 5) is 13.3. The molecule has 27 heavy (non-hydrogen) atoms. The van der Waals surface area contributed by atoms with Crippen LogP contribution in [-0.4, -0.2) is 31.3 Å². The maximum atomic E-state index is 12.2. The Morgan fingerprint density at radius 3 is 2.56 bits per heavy atom. The smallest absolute Gasteiger partial charge is 0.358 e. The van der Waals surface area contributed by atoms with Gasteiger partial charge in [0.1, 0.15) is 0 Å². The van der Waals surface area contributed by atoms with Gasteiger partial charge in [-0.05, 0) is 30.3 Å².